The zero-order valence-electron chi connectivity index (χ0n) is 20.8. The first kappa shape index (κ1) is 28.4. The summed E-state index contributed by atoms with van der Waals surface area (Å²) >= 11 is 6.98. The van der Waals surface area contributed by atoms with Gasteiger partial charge in [-0.3, -0.25) is 19.6 Å². The van der Waals surface area contributed by atoms with Crippen LogP contribution in [0.3, 0.4) is 0 Å². The molecule has 0 spiro atoms. The molecule has 0 aromatic carbocycles. The van der Waals surface area contributed by atoms with Crippen LogP contribution in [0.25, 0.3) is 11.4 Å². The van der Waals surface area contributed by atoms with Crippen LogP contribution in [0, 0.1) is 0 Å². The van der Waals surface area contributed by atoms with Gasteiger partial charge in [-0.2, -0.15) is 0 Å². The molecular weight excluding hydrogens is 564 g/mol. The number of ether oxygens (including phenoxy) is 2. The van der Waals surface area contributed by atoms with Gasteiger partial charge >= 0.3 is 11.9 Å². The van der Waals surface area contributed by atoms with E-state index in [0.717, 1.165) is 33.9 Å². The van der Waals surface area contributed by atoms with Crippen molar-refractivity contribution in [2.75, 3.05) is 0 Å². The summed E-state index contributed by atoms with van der Waals surface area (Å²) in [7, 11) is 0. The fourth-order valence-electron chi connectivity index (χ4n) is 3.27. The Morgan fingerprint density at radius 2 is 1.06 bits per heavy atom. The number of hydrogen-bond acceptors (Lipinski definition) is 6. The first-order chi connectivity index (χ1) is 15.8. The first-order valence-corrected chi connectivity index (χ1v) is 13.6. The molecule has 0 fully saturated rings. The molecule has 6 nitrogen and oxygen atoms in total. The number of carbonyl (C=O) groups excluding carboxylic acids is 2. The van der Waals surface area contributed by atoms with Crippen LogP contribution in [-0.4, -0.2) is 33.1 Å². The molecular formula is C26H34Br2N2O4. The molecule has 0 saturated heterocycles. The minimum absolute atomic E-state index is 0.227. The van der Waals surface area contributed by atoms with Crippen molar-refractivity contribution in [3.63, 3.8) is 0 Å². The number of nitrogens with zero attached hydrogens (tertiary/aromatic N) is 2. The summed E-state index contributed by atoms with van der Waals surface area (Å²) in [5.74, 6) is -0.454. The van der Waals surface area contributed by atoms with Gasteiger partial charge in [-0.05, 0) is 89.8 Å². The van der Waals surface area contributed by atoms with Gasteiger partial charge in [0.2, 0.25) is 0 Å². The average Bonchev–Trinajstić information content (AvgIpc) is 2.73. The molecule has 0 atom stereocenters. The SMILES string of the molecule is CC(C)(C)OC(=O)CCc1cc(CBr)nc(-c2cc(CCC(=O)OC(C)(C)C)cc(CBr)n2)c1. The maximum atomic E-state index is 12.2. The van der Waals surface area contributed by atoms with Crippen molar-refractivity contribution in [2.24, 2.45) is 0 Å². The highest BCUT2D eigenvalue weighted by Crippen LogP contribution is 2.23. The van der Waals surface area contributed by atoms with Crippen LogP contribution >= 0.6 is 31.9 Å². The summed E-state index contributed by atoms with van der Waals surface area (Å²) in [6.45, 7) is 11.2. The molecule has 0 saturated carbocycles. The van der Waals surface area contributed by atoms with E-state index in [-0.39, 0.29) is 11.9 Å². The summed E-state index contributed by atoms with van der Waals surface area (Å²) < 4.78 is 10.9. The normalized spacial score (nSPS) is 11.9. The van der Waals surface area contributed by atoms with Crippen LogP contribution in [-0.2, 0) is 42.6 Å². The largest absolute Gasteiger partial charge is 0.460 e. The van der Waals surface area contributed by atoms with E-state index in [1.807, 2.05) is 65.8 Å². The van der Waals surface area contributed by atoms with E-state index in [1.165, 1.54) is 0 Å². The second-order valence-corrected chi connectivity index (χ2v) is 11.3. The molecule has 2 rings (SSSR count). The summed E-state index contributed by atoms with van der Waals surface area (Å²) in [6, 6.07) is 7.91. The van der Waals surface area contributed by atoms with Crippen molar-refractivity contribution in [3.05, 3.63) is 46.8 Å². The van der Waals surface area contributed by atoms with Gasteiger partial charge in [0.05, 0.1) is 22.8 Å². The maximum absolute atomic E-state index is 12.2. The number of alkyl halides is 2. The van der Waals surface area contributed by atoms with E-state index in [1.54, 1.807) is 0 Å². The molecule has 8 heteroatoms. The zero-order chi connectivity index (χ0) is 25.5. The number of aryl methyl sites for hydroxylation is 2. The Morgan fingerprint density at radius 3 is 1.35 bits per heavy atom. The lowest BCUT2D eigenvalue weighted by molar-refractivity contribution is -0.155. The van der Waals surface area contributed by atoms with Crippen molar-refractivity contribution >= 4 is 43.8 Å². The Kier molecular flexibility index (Phi) is 10.2. The van der Waals surface area contributed by atoms with Crippen LogP contribution in [0.1, 0.15) is 76.9 Å². The maximum Gasteiger partial charge on any atom is 0.306 e. The quantitative estimate of drug-likeness (QED) is 0.243. The number of carbonyl (C=O) groups is 2. The lowest BCUT2D eigenvalue weighted by Crippen LogP contribution is -2.24. The third kappa shape index (κ3) is 10.2. The van der Waals surface area contributed by atoms with Crippen LogP contribution in [0.15, 0.2) is 24.3 Å². The van der Waals surface area contributed by atoms with Crippen LogP contribution in [0.2, 0.25) is 0 Å². The Morgan fingerprint density at radius 1 is 0.706 bits per heavy atom. The minimum atomic E-state index is -0.503. The first-order valence-electron chi connectivity index (χ1n) is 11.3. The van der Waals surface area contributed by atoms with Gasteiger partial charge in [-0.1, -0.05) is 31.9 Å². The Balaban J connectivity index is 2.25. The molecule has 34 heavy (non-hydrogen) atoms. The zero-order valence-corrected chi connectivity index (χ0v) is 24.0. The summed E-state index contributed by atoms with van der Waals surface area (Å²) in [4.78, 5) is 33.8. The fourth-order valence-corrected chi connectivity index (χ4v) is 3.84. The molecule has 0 radical (unpaired) electrons. The number of rotatable bonds is 9. The molecule has 0 unspecified atom stereocenters. The Hall–Kier alpha value is -1.80. The fraction of sp³-hybridized carbons (Fsp3) is 0.538. The Bertz CT molecular complexity index is 929. The van der Waals surface area contributed by atoms with Gasteiger partial charge < -0.3 is 9.47 Å². The van der Waals surface area contributed by atoms with Crippen molar-refractivity contribution < 1.29 is 19.1 Å². The molecule has 0 N–H and O–H groups in total. The molecule has 186 valence electrons. The molecule has 0 aliphatic carbocycles. The van der Waals surface area contributed by atoms with Gasteiger partial charge in [0, 0.05) is 23.5 Å². The average molecular weight is 598 g/mol. The predicted molar refractivity (Wildman–Crippen MR) is 141 cm³/mol. The highest BCUT2D eigenvalue weighted by molar-refractivity contribution is 9.08. The summed E-state index contributed by atoms with van der Waals surface area (Å²) in [5, 5.41) is 1.17. The third-order valence-electron chi connectivity index (χ3n) is 4.49. The van der Waals surface area contributed by atoms with Gasteiger partial charge in [0.15, 0.2) is 0 Å². The second-order valence-electron chi connectivity index (χ2n) is 10.1. The minimum Gasteiger partial charge on any atom is -0.460 e. The monoisotopic (exact) mass is 596 g/mol. The standard InChI is InChI=1S/C26H34Br2N2O4/c1-25(2,3)33-23(31)9-7-17-11-19(15-27)29-21(13-17)22-14-18(12-20(16-28)30-22)8-10-24(32)34-26(4,5)6/h11-14H,7-10,15-16H2,1-6H3. The number of hydrogen-bond donors (Lipinski definition) is 0. The molecule has 2 aromatic heterocycles. The second kappa shape index (κ2) is 12.2. The molecule has 0 amide bonds. The molecule has 0 aliphatic rings. The lowest BCUT2D eigenvalue weighted by Gasteiger charge is -2.19. The van der Waals surface area contributed by atoms with E-state index >= 15 is 0 Å². The van der Waals surface area contributed by atoms with Gasteiger partial charge in [0.1, 0.15) is 11.2 Å². The summed E-state index contributed by atoms with van der Waals surface area (Å²) in [5.41, 5.74) is 4.17. The number of aromatic nitrogens is 2. The smallest absolute Gasteiger partial charge is 0.306 e. The Labute approximate surface area is 219 Å². The molecule has 0 aliphatic heterocycles. The van der Waals surface area contributed by atoms with E-state index in [2.05, 4.69) is 31.9 Å². The van der Waals surface area contributed by atoms with Gasteiger partial charge in [-0.15, -0.1) is 0 Å². The topological polar surface area (TPSA) is 78.4 Å². The number of pyridine rings is 2. The van der Waals surface area contributed by atoms with Gasteiger partial charge in [-0.25, -0.2) is 0 Å². The van der Waals surface area contributed by atoms with E-state index in [4.69, 9.17) is 19.4 Å². The molecule has 0 bridgehead atoms. The van der Waals surface area contributed by atoms with Crippen LogP contribution < -0.4 is 0 Å². The van der Waals surface area contributed by atoms with E-state index in [0.29, 0.717) is 36.3 Å². The molecule has 2 heterocycles. The highest BCUT2D eigenvalue weighted by Gasteiger charge is 2.18. The van der Waals surface area contributed by atoms with Gasteiger partial charge in [0.25, 0.3) is 0 Å². The lowest BCUT2D eigenvalue weighted by atomic mass is 10.0. The highest BCUT2D eigenvalue weighted by atomic mass is 79.9. The van der Waals surface area contributed by atoms with Crippen molar-refractivity contribution in [2.45, 2.75) is 89.1 Å². The third-order valence-corrected chi connectivity index (χ3v) is 5.64. The van der Waals surface area contributed by atoms with E-state index < -0.39 is 11.2 Å². The van der Waals surface area contributed by atoms with Crippen molar-refractivity contribution in [1.29, 1.82) is 0 Å². The predicted octanol–water partition coefficient (Wildman–Crippen LogP) is 6.48. The number of halogens is 2. The van der Waals surface area contributed by atoms with Crippen molar-refractivity contribution in [3.8, 4) is 11.4 Å². The van der Waals surface area contributed by atoms with E-state index in [9.17, 15) is 9.59 Å². The van der Waals surface area contributed by atoms with Crippen LogP contribution in [0.4, 0.5) is 0 Å². The van der Waals surface area contributed by atoms with Crippen LogP contribution in [0.5, 0.6) is 0 Å². The number of esters is 2. The summed E-state index contributed by atoms with van der Waals surface area (Å²) in [6.07, 6.45) is 1.68. The molecule has 2 aromatic rings. The van der Waals surface area contributed by atoms with Crippen molar-refractivity contribution in [1.82, 2.24) is 9.97 Å².